The molecule has 1 aliphatic carbocycles. The van der Waals surface area contributed by atoms with E-state index in [1.807, 2.05) is 55.5 Å². The maximum absolute atomic E-state index is 13.8. The van der Waals surface area contributed by atoms with E-state index < -0.39 is 6.10 Å². The van der Waals surface area contributed by atoms with Crippen LogP contribution in [0.2, 0.25) is 0 Å². The van der Waals surface area contributed by atoms with Crippen molar-refractivity contribution in [3.63, 3.8) is 0 Å². The lowest BCUT2D eigenvalue weighted by Gasteiger charge is -2.27. The quantitative estimate of drug-likeness (QED) is 0.407. The van der Waals surface area contributed by atoms with Gasteiger partial charge in [-0.3, -0.25) is 9.36 Å². The molecule has 1 aromatic heterocycles. The zero-order chi connectivity index (χ0) is 25.5. The number of aromatic nitrogens is 2. The smallest absolute Gasteiger partial charge is 0.257 e. The number of aliphatic hydroxyl groups is 1. The Bertz CT molecular complexity index is 1270. The monoisotopic (exact) mass is 483 g/mol. The third-order valence-electron chi connectivity index (χ3n) is 7.54. The Morgan fingerprint density at radius 2 is 1.89 bits per heavy atom. The van der Waals surface area contributed by atoms with Crippen LogP contribution >= 0.6 is 0 Å². The van der Waals surface area contributed by atoms with Gasteiger partial charge in [-0.2, -0.15) is 5.26 Å². The zero-order valence-corrected chi connectivity index (χ0v) is 21.5. The number of nitriles is 1. The van der Waals surface area contributed by atoms with Crippen LogP contribution in [0.4, 0.5) is 0 Å². The molecule has 1 heterocycles. The molecule has 5 nitrogen and oxygen atoms in total. The van der Waals surface area contributed by atoms with Crippen LogP contribution in [-0.4, -0.2) is 20.8 Å². The van der Waals surface area contributed by atoms with Crippen molar-refractivity contribution in [3.8, 4) is 17.2 Å². The van der Waals surface area contributed by atoms with E-state index in [1.54, 1.807) is 4.57 Å². The summed E-state index contributed by atoms with van der Waals surface area (Å²) >= 11 is 0. The molecule has 1 atom stereocenters. The third kappa shape index (κ3) is 5.94. The Kier molecular flexibility index (Phi) is 8.72. The molecule has 4 rings (SSSR count). The molecule has 188 valence electrons. The Balaban J connectivity index is 1.68. The third-order valence-corrected chi connectivity index (χ3v) is 7.54. The number of unbranched alkanes of at least 4 members (excludes halogenated alkanes) is 1. The van der Waals surface area contributed by atoms with E-state index in [-0.39, 0.29) is 11.5 Å². The van der Waals surface area contributed by atoms with Gasteiger partial charge >= 0.3 is 0 Å². The SMILES string of the molecule is CCCCc1nc(C)n(CC(O)C2CCCCC2)c(=O)c1Cc1ccc(-c2ccccc2)c(C#N)c1. The van der Waals surface area contributed by atoms with Crippen molar-refractivity contribution in [2.24, 2.45) is 5.92 Å². The largest absolute Gasteiger partial charge is 0.391 e. The molecular weight excluding hydrogens is 446 g/mol. The minimum Gasteiger partial charge on any atom is -0.391 e. The number of aliphatic hydroxyl groups excluding tert-OH is 1. The van der Waals surface area contributed by atoms with Gasteiger partial charge in [-0.25, -0.2) is 4.98 Å². The molecule has 36 heavy (non-hydrogen) atoms. The molecule has 3 aromatic rings. The van der Waals surface area contributed by atoms with E-state index >= 15 is 0 Å². The maximum Gasteiger partial charge on any atom is 0.257 e. The second kappa shape index (κ2) is 12.1. The Hall–Kier alpha value is -3.23. The maximum atomic E-state index is 13.8. The first-order valence-corrected chi connectivity index (χ1v) is 13.4. The van der Waals surface area contributed by atoms with Gasteiger partial charge in [0.15, 0.2) is 0 Å². The predicted molar refractivity (Wildman–Crippen MR) is 144 cm³/mol. The standard InChI is InChI=1S/C31H37N3O2/c1-3-4-15-29-28(19-23-16-17-27(26(18-23)20-32)24-11-7-5-8-12-24)31(36)34(22(2)33-29)21-30(35)25-13-9-6-10-14-25/h5,7-8,11-12,16-18,25,30,35H,3-4,6,9-10,13-15,19,21H2,1-2H3. The number of aryl methyl sites for hydroxylation is 2. The lowest BCUT2D eigenvalue weighted by molar-refractivity contribution is 0.0677. The van der Waals surface area contributed by atoms with Crippen molar-refractivity contribution in [3.05, 3.63) is 87.1 Å². The Morgan fingerprint density at radius 3 is 2.58 bits per heavy atom. The Morgan fingerprint density at radius 1 is 1.14 bits per heavy atom. The van der Waals surface area contributed by atoms with E-state index in [4.69, 9.17) is 4.98 Å². The van der Waals surface area contributed by atoms with Gasteiger partial charge in [0.25, 0.3) is 5.56 Å². The van der Waals surface area contributed by atoms with Gasteiger partial charge in [-0.15, -0.1) is 0 Å². The highest BCUT2D eigenvalue weighted by Crippen LogP contribution is 2.28. The normalized spacial score (nSPS) is 14.9. The van der Waals surface area contributed by atoms with Gasteiger partial charge in [0.1, 0.15) is 5.82 Å². The summed E-state index contributed by atoms with van der Waals surface area (Å²) in [7, 11) is 0. The van der Waals surface area contributed by atoms with Crippen molar-refractivity contribution in [2.75, 3.05) is 0 Å². The highest BCUT2D eigenvalue weighted by Gasteiger charge is 2.24. The highest BCUT2D eigenvalue weighted by molar-refractivity contribution is 5.71. The van der Waals surface area contributed by atoms with E-state index in [1.165, 1.54) is 6.42 Å². The molecule has 0 amide bonds. The van der Waals surface area contributed by atoms with Crippen LogP contribution in [0.15, 0.2) is 53.3 Å². The molecule has 0 radical (unpaired) electrons. The highest BCUT2D eigenvalue weighted by atomic mass is 16.3. The van der Waals surface area contributed by atoms with Crippen LogP contribution in [0.1, 0.15) is 80.1 Å². The van der Waals surface area contributed by atoms with Crippen LogP contribution < -0.4 is 5.56 Å². The van der Waals surface area contributed by atoms with Crippen molar-refractivity contribution in [2.45, 2.75) is 84.3 Å². The summed E-state index contributed by atoms with van der Waals surface area (Å²) in [6.45, 7) is 4.30. The summed E-state index contributed by atoms with van der Waals surface area (Å²) in [4.78, 5) is 18.6. The van der Waals surface area contributed by atoms with Crippen LogP contribution in [0.3, 0.4) is 0 Å². The molecule has 1 N–H and O–H groups in total. The van der Waals surface area contributed by atoms with Crippen LogP contribution in [0.25, 0.3) is 11.1 Å². The minimum absolute atomic E-state index is 0.0610. The summed E-state index contributed by atoms with van der Waals surface area (Å²) in [5.41, 5.74) is 4.88. The fourth-order valence-corrected chi connectivity index (χ4v) is 5.42. The lowest BCUT2D eigenvalue weighted by atomic mass is 9.85. The first-order valence-electron chi connectivity index (χ1n) is 13.4. The van der Waals surface area contributed by atoms with Gasteiger partial charge in [-0.05, 0) is 61.3 Å². The summed E-state index contributed by atoms with van der Waals surface area (Å²) in [6, 6.07) is 18.1. The molecule has 0 bridgehead atoms. The summed E-state index contributed by atoms with van der Waals surface area (Å²) < 4.78 is 1.67. The van der Waals surface area contributed by atoms with Crippen molar-refractivity contribution < 1.29 is 5.11 Å². The second-order valence-electron chi connectivity index (χ2n) is 10.1. The van der Waals surface area contributed by atoms with Crippen molar-refractivity contribution >= 4 is 0 Å². The first kappa shape index (κ1) is 25.9. The van der Waals surface area contributed by atoms with E-state index in [2.05, 4.69) is 13.0 Å². The molecule has 1 unspecified atom stereocenters. The van der Waals surface area contributed by atoms with Gasteiger partial charge < -0.3 is 5.11 Å². The molecule has 0 spiro atoms. The number of benzene rings is 2. The van der Waals surface area contributed by atoms with Gasteiger partial charge in [0.05, 0.1) is 30.0 Å². The molecule has 5 heteroatoms. The van der Waals surface area contributed by atoms with E-state index in [9.17, 15) is 15.2 Å². The molecule has 1 aliphatic rings. The Labute approximate surface area is 214 Å². The molecular formula is C31H37N3O2. The number of hydrogen-bond acceptors (Lipinski definition) is 4. The average Bonchev–Trinajstić information content (AvgIpc) is 2.92. The van der Waals surface area contributed by atoms with Crippen LogP contribution in [0, 0.1) is 24.2 Å². The van der Waals surface area contributed by atoms with E-state index in [0.29, 0.717) is 29.9 Å². The molecule has 0 aliphatic heterocycles. The topological polar surface area (TPSA) is 78.9 Å². The van der Waals surface area contributed by atoms with Crippen molar-refractivity contribution in [1.29, 1.82) is 5.26 Å². The molecule has 0 saturated heterocycles. The fraction of sp³-hybridized carbons (Fsp3) is 0.452. The fourth-order valence-electron chi connectivity index (χ4n) is 5.42. The summed E-state index contributed by atoms with van der Waals surface area (Å²) in [6.07, 6.45) is 8.20. The molecule has 1 fully saturated rings. The predicted octanol–water partition coefficient (Wildman–Crippen LogP) is 5.97. The lowest BCUT2D eigenvalue weighted by Crippen LogP contribution is -2.36. The van der Waals surface area contributed by atoms with Gasteiger partial charge in [0, 0.05) is 12.0 Å². The number of hydrogen-bond donors (Lipinski definition) is 1. The number of nitrogens with zero attached hydrogens (tertiary/aromatic N) is 3. The van der Waals surface area contributed by atoms with Crippen molar-refractivity contribution in [1.82, 2.24) is 9.55 Å². The minimum atomic E-state index is -0.534. The summed E-state index contributed by atoms with van der Waals surface area (Å²) in [5.74, 6) is 0.916. The average molecular weight is 484 g/mol. The van der Waals surface area contributed by atoms with Crippen LogP contribution in [-0.2, 0) is 19.4 Å². The van der Waals surface area contributed by atoms with Gasteiger partial charge in [-0.1, -0.05) is 75.1 Å². The van der Waals surface area contributed by atoms with Crippen LogP contribution in [0.5, 0.6) is 0 Å². The first-order chi connectivity index (χ1) is 17.5. The van der Waals surface area contributed by atoms with Gasteiger partial charge in [0.2, 0.25) is 0 Å². The molecule has 1 saturated carbocycles. The zero-order valence-electron chi connectivity index (χ0n) is 21.5. The second-order valence-corrected chi connectivity index (χ2v) is 10.1. The summed E-state index contributed by atoms with van der Waals surface area (Å²) in [5, 5.41) is 20.8. The molecule has 2 aromatic carbocycles. The van der Waals surface area contributed by atoms with E-state index in [0.717, 1.165) is 67.3 Å². The number of rotatable bonds is 9.